The molecule has 0 amide bonds. The molecule has 0 aliphatic carbocycles. The van der Waals surface area contributed by atoms with Crippen LogP contribution in [0.4, 0.5) is 8.78 Å². The number of rotatable bonds is 4. The molecule has 1 atom stereocenters. The van der Waals surface area contributed by atoms with Gasteiger partial charge in [-0.1, -0.05) is 12.1 Å². The van der Waals surface area contributed by atoms with Crippen molar-refractivity contribution in [2.24, 2.45) is 0 Å². The van der Waals surface area contributed by atoms with E-state index in [1.165, 1.54) is 19.1 Å². The second-order valence-corrected chi connectivity index (χ2v) is 6.97. The zero-order chi connectivity index (χ0) is 16.5. The predicted octanol–water partition coefficient (Wildman–Crippen LogP) is 3.62. The summed E-state index contributed by atoms with van der Waals surface area (Å²) < 4.78 is 53.7. The maximum absolute atomic E-state index is 13.7. The molecule has 0 aromatic heterocycles. The fourth-order valence-corrected chi connectivity index (χ4v) is 3.41. The summed E-state index contributed by atoms with van der Waals surface area (Å²) in [5.74, 6) is -1.49. The molecule has 0 spiro atoms. The van der Waals surface area contributed by atoms with E-state index in [9.17, 15) is 17.2 Å². The molecule has 0 heterocycles. The second-order valence-electron chi connectivity index (χ2n) is 5.25. The number of aryl methyl sites for hydroxylation is 2. The highest BCUT2D eigenvalue weighted by Gasteiger charge is 2.21. The average Bonchev–Trinajstić information content (AvgIpc) is 2.40. The Labute approximate surface area is 129 Å². The molecule has 0 aliphatic rings. The molecule has 3 nitrogen and oxygen atoms in total. The van der Waals surface area contributed by atoms with Crippen molar-refractivity contribution in [2.45, 2.75) is 31.7 Å². The van der Waals surface area contributed by atoms with Gasteiger partial charge >= 0.3 is 0 Å². The third-order valence-corrected chi connectivity index (χ3v) is 5.09. The number of halogens is 2. The summed E-state index contributed by atoms with van der Waals surface area (Å²) in [6, 6.07) is 7.03. The van der Waals surface area contributed by atoms with Gasteiger partial charge < -0.3 is 0 Å². The van der Waals surface area contributed by atoms with Gasteiger partial charge in [-0.05, 0) is 50.1 Å². The monoisotopic (exact) mass is 325 g/mol. The minimum atomic E-state index is -3.78. The van der Waals surface area contributed by atoms with E-state index in [0.29, 0.717) is 0 Å². The van der Waals surface area contributed by atoms with Crippen molar-refractivity contribution in [1.29, 1.82) is 0 Å². The van der Waals surface area contributed by atoms with Crippen molar-refractivity contribution in [3.05, 3.63) is 64.7 Å². The Hall–Kier alpha value is -1.79. The van der Waals surface area contributed by atoms with E-state index >= 15 is 0 Å². The van der Waals surface area contributed by atoms with E-state index < -0.39 is 27.7 Å². The van der Waals surface area contributed by atoms with Gasteiger partial charge in [-0.2, -0.15) is 0 Å². The van der Waals surface area contributed by atoms with Crippen LogP contribution in [0.15, 0.2) is 41.3 Å². The highest BCUT2D eigenvalue weighted by Crippen LogP contribution is 2.21. The molecule has 0 unspecified atom stereocenters. The molecule has 118 valence electrons. The lowest BCUT2D eigenvalue weighted by atomic mass is 10.1. The molecule has 0 saturated carbocycles. The molecule has 0 aliphatic heterocycles. The smallest absolute Gasteiger partial charge is 0.207 e. The molecule has 2 aromatic carbocycles. The molecule has 0 bridgehead atoms. The molecule has 0 fully saturated rings. The summed E-state index contributed by atoms with van der Waals surface area (Å²) in [6.07, 6.45) is 0. The van der Waals surface area contributed by atoms with Crippen molar-refractivity contribution in [2.75, 3.05) is 0 Å². The molecule has 2 rings (SSSR count). The van der Waals surface area contributed by atoms with E-state index in [0.717, 1.165) is 23.3 Å². The molecule has 2 aromatic rings. The summed E-state index contributed by atoms with van der Waals surface area (Å²) in [7, 11) is -3.78. The van der Waals surface area contributed by atoms with Crippen molar-refractivity contribution >= 4 is 10.0 Å². The lowest BCUT2D eigenvalue weighted by Gasteiger charge is -2.16. The first-order valence-electron chi connectivity index (χ1n) is 6.75. The minimum Gasteiger partial charge on any atom is -0.207 e. The summed E-state index contributed by atoms with van der Waals surface area (Å²) in [4.78, 5) is 0.116. The van der Waals surface area contributed by atoms with E-state index in [4.69, 9.17) is 0 Å². The second kappa shape index (κ2) is 6.14. The summed E-state index contributed by atoms with van der Waals surface area (Å²) >= 11 is 0. The fraction of sp³-hybridized carbons (Fsp3) is 0.250. The Kier molecular flexibility index (Phi) is 4.63. The minimum absolute atomic E-state index is 0.0915. The number of hydrogen-bond acceptors (Lipinski definition) is 2. The standard InChI is InChI=1S/C16H17F2NO2S/c1-10-4-6-14(8-11(10)2)22(20,21)19-12(3)15-7-5-13(17)9-16(15)18/h4-9,12,19H,1-3H3/t12-/m0/s1. The van der Waals surface area contributed by atoms with Gasteiger partial charge in [-0.15, -0.1) is 0 Å². The van der Waals surface area contributed by atoms with Crippen molar-refractivity contribution < 1.29 is 17.2 Å². The van der Waals surface area contributed by atoms with Crippen LogP contribution < -0.4 is 4.72 Å². The van der Waals surface area contributed by atoms with Gasteiger partial charge in [-0.3, -0.25) is 0 Å². The lowest BCUT2D eigenvalue weighted by Crippen LogP contribution is -2.27. The third-order valence-electron chi connectivity index (χ3n) is 3.55. The van der Waals surface area contributed by atoms with E-state index in [2.05, 4.69) is 4.72 Å². The zero-order valence-electron chi connectivity index (χ0n) is 12.5. The van der Waals surface area contributed by atoms with Crippen molar-refractivity contribution in [3.8, 4) is 0 Å². The lowest BCUT2D eigenvalue weighted by molar-refractivity contribution is 0.540. The molecular weight excluding hydrogens is 308 g/mol. The number of benzene rings is 2. The van der Waals surface area contributed by atoms with Gasteiger partial charge in [0, 0.05) is 17.7 Å². The van der Waals surface area contributed by atoms with E-state index in [1.54, 1.807) is 12.1 Å². The molecule has 0 saturated heterocycles. The van der Waals surface area contributed by atoms with Crippen LogP contribution in [0.5, 0.6) is 0 Å². The Morgan fingerprint density at radius 3 is 2.27 bits per heavy atom. The molecule has 6 heteroatoms. The molecular formula is C16H17F2NO2S. The highest BCUT2D eigenvalue weighted by molar-refractivity contribution is 7.89. The fourth-order valence-electron chi connectivity index (χ4n) is 2.10. The van der Waals surface area contributed by atoms with Crippen LogP contribution in [0, 0.1) is 25.5 Å². The van der Waals surface area contributed by atoms with Gasteiger partial charge in [0.2, 0.25) is 10.0 Å². The molecule has 0 radical (unpaired) electrons. The maximum Gasteiger partial charge on any atom is 0.241 e. The Balaban J connectivity index is 2.29. The quantitative estimate of drug-likeness (QED) is 0.933. The first-order chi connectivity index (χ1) is 10.2. The van der Waals surface area contributed by atoms with Crippen LogP contribution in [0.3, 0.4) is 0 Å². The average molecular weight is 325 g/mol. The maximum atomic E-state index is 13.7. The van der Waals surface area contributed by atoms with Crippen molar-refractivity contribution in [3.63, 3.8) is 0 Å². The topological polar surface area (TPSA) is 46.2 Å². The SMILES string of the molecule is Cc1ccc(S(=O)(=O)N[C@@H](C)c2ccc(F)cc2F)cc1C. The summed E-state index contributed by atoms with van der Waals surface area (Å²) in [5.41, 5.74) is 1.92. The normalized spacial score (nSPS) is 13.1. The van der Waals surface area contributed by atoms with Crippen LogP contribution in [-0.2, 0) is 10.0 Å². The van der Waals surface area contributed by atoms with Crippen LogP contribution >= 0.6 is 0 Å². The van der Waals surface area contributed by atoms with Gasteiger partial charge in [0.15, 0.2) is 0 Å². The molecule has 22 heavy (non-hydrogen) atoms. The van der Waals surface area contributed by atoms with Crippen molar-refractivity contribution in [1.82, 2.24) is 4.72 Å². The first kappa shape index (κ1) is 16.6. The summed E-state index contributed by atoms with van der Waals surface area (Å²) in [6.45, 7) is 5.21. The molecule has 1 N–H and O–H groups in total. The van der Waals surface area contributed by atoms with Crippen LogP contribution in [0.1, 0.15) is 29.7 Å². The van der Waals surface area contributed by atoms with Gasteiger partial charge in [0.05, 0.1) is 4.90 Å². The largest absolute Gasteiger partial charge is 0.241 e. The summed E-state index contributed by atoms with van der Waals surface area (Å²) in [5, 5.41) is 0. The Morgan fingerprint density at radius 1 is 1.00 bits per heavy atom. The Morgan fingerprint density at radius 2 is 1.68 bits per heavy atom. The first-order valence-corrected chi connectivity index (χ1v) is 8.23. The highest BCUT2D eigenvalue weighted by atomic mass is 32.2. The third kappa shape index (κ3) is 3.51. The zero-order valence-corrected chi connectivity index (χ0v) is 13.3. The van der Waals surface area contributed by atoms with Crippen LogP contribution in [-0.4, -0.2) is 8.42 Å². The van der Waals surface area contributed by atoms with Crippen LogP contribution in [0.2, 0.25) is 0 Å². The van der Waals surface area contributed by atoms with E-state index in [-0.39, 0.29) is 10.5 Å². The number of sulfonamides is 1. The predicted molar refractivity (Wildman–Crippen MR) is 81.0 cm³/mol. The van der Waals surface area contributed by atoms with E-state index in [1.807, 2.05) is 13.8 Å². The Bertz CT molecular complexity index is 804. The van der Waals surface area contributed by atoms with Crippen LogP contribution in [0.25, 0.3) is 0 Å². The van der Waals surface area contributed by atoms with Gasteiger partial charge in [-0.25, -0.2) is 21.9 Å². The number of hydrogen-bond donors (Lipinski definition) is 1. The number of nitrogens with one attached hydrogen (secondary N) is 1. The van der Waals surface area contributed by atoms with Gasteiger partial charge in [0.1, 0.15) is 11.6 Å². The van der Waals surface area contributed by atoms with Gasteiger partial charge in [0.25, 0.3) is 0 Å².